The van der Waals surface area contributed by atoms with Crippen molar-refractivity contribution in [3.8, 4) is 33.0 Å². The third-order valence-corrected chi connectivity index (χ3v) is 12.9. The molecular formula is C29H38N4O2SSi. The average Bonchev–Trinajstić information content (AvgIpc) is 3.49. The number of nitrogens with one attached hydrogen (secondary N) is 1. The van der Waals surface area contributed by atoms with Gasteiger partial charge in [0.15, 0.2) is 8.32 Å². The van der Waals surface area contributed by atoms with E-state index in [1.807, 2.05) is 32.0 Å². The highest BCUT2D eigenvalue weighted by molar-refractivity contribution is 7.17. The van der Waals surface area contributed by atoms with Crippen molar-refractivity contribution in [2.24, 2.45) is 0 Å². The number of hydrogen-bond acceptors (Lipinski definition) is 7. The molecule has 1 unspecified atom stereocenters. The molecule has 196 valence electrons. The predicted molar refractivity (Wildman–Crippen MR) is 153 cm³/mol. The molecule has 1 N–H and O–H groups in total. The summed E-state index contributed by atoms with van der Waals surface area (Å²) in [6, 6.07) is 14.7. The maximum Gasteiger partial charge on any atom is 0.192 e. The minimum absolute atomic E-state index is 0.00860. The van der Waals surface area contributed by atoms with E-state index in [0.29, 0.717) is 17.4 Å². The summed E-state index contributed by atoms with van der Waals surface area (Å²) in [5.41, 5.74) is 5.25. The molecule has 0 saturated heterocycles. The zero-order valence-electron chi connectivity index (χ0n) is 23.0. The summed E-state index contributed by atoms with van der Waals surface area (Å²) < 4.78 is 12.1. The summed E-state index contributed by atoms with van der Waals surface area (Å²) in [4.78, 5) is 0. The monoisotopic (exact) mass is 534 g/mol. The smallest absolute Gasteiger partial charge is 0.192 e. The van der Waals surface area contributed by atoms with Gasteiger partial charge < -0.3 is 14.5 Å². The van der Waals surface area contributed by atoms with Gasteiger partial charge >= 0.3 is 0 Å². The van der Waals surface area contributed by atoms with E-state index in [2.05, 4.69) is 73.6 Å². The van der Waals surface area contributed by atoms with Crippen LogP contribution in [0.2, 0.25) is 18.1 Å². The quantitative estimate of drug-likeness (QED) is 0.232. The van der Waals surface area contributed by atoms with Crippen LogP contribution in [0.1, 0.15) is 63.8 Å². The van der Waals surface area contributed by atoms with Crippen LogP contribution in [-0.2, 0) is 10.8 Å². The molecule has 0 saturated carbocycles. The topological polar surface area (TPSA) is 80.1 Å². The fourth-order valence-electron chi connectivity index (χ4n) is 4.38. The minimum atomic E-state index is -1.73. The highest BCUT2D eigenvalue weighted by Gasteiger charge is 2.37. The lowest BCUT2D eigenvalue weighted by Crippen LogP contribution is -2.42. The van der Waals surface area contributed by atoms with Gasteiger partial charge in [-0.2, -0.15) is 5.26 Å². The Hall–Kier alpha value is -2.57. The Bertz CT molecular complexity index is 1290. The van der Waals surface area contributed by atoms with Crippen molar-refractivity contribution in [1.82, 2.24) is 15.5 Å². The predicted octanol–water partition coefficient (Wildman–Crippen LogP) is 7.13. The summed E-state index contributed by atoms with van der Waals surface area (Å²) in [6.07, 6.45) is 2.09. The van der Waals surface area contributed by atoms with Gasteiger partial charge in [-0.15, -0.1) is 10.2 Å². The Balaban J connectivity index is 1.47. The molecule has 3 aromatic rings. The van der Waals surface area contributed by atoms with Gasteiger partial charge in [-0.05, 0) is 74.1 Å². The van der Waals surface area contributed by atoms with Gasteiger partial charge in [-0.25, -0.2) is 0 Å². The van der Waals surface area contributed by atoms with Gasteiger partial charge in [0, 0.05) is 30.3 Å². The largest absolute Gasteiger partial charge is 0.490 e. The van der Waals surface area contributed by atoms with Crippen LogP contribution < -0.4 is 10.1 Å². The molecule has 1 aliphatic carbocycles. The number of nitriles is 1. The first kappa shape index (κ1) is 27.5. The number of benzene rings is 2. The van der Waals surface area contributed by atoms with Crippen molar-refractivity contribution in [1.29, 1.82) is 5.26 Å². The Morgan fingerprint density at radius 2 is 1.92 bits per heavy atom. The van der Waals surface area contributed by atoms with Crippen LogP contribution in [-0.4, -0.2) is 37.8 Å². The summed E-state index contributed by atoms with van der Waals surface area (Å²) in [6.45, 7) is 16.9. The van der Waals surface area contributed by atoms with Gasteiger partial charge in [-0.1, -0.05) is 50.3 Å². The number of aromatic nitrogens is 2. The summed E-state index contributed by atoms with van der Waals surface area (Å²) in [7, 11) is -1.73. The second kappa shape index (κ2) is 11.0. The van der Waals surface area contributed by atoms with Crippen LogP contribution in [0.5, 0.6) is 5.75 Å². The van der Waals surface area contributed by atoms with Crippen LogP contribution in [0.4, 0.5) is 0 Å². The Morgan fingerprint density at radius 3 is 2.62 bits per heavy atom. The van der Waals surface area contributed by atoms with Gasteiger partial charge in [0.25, 0.3) is 0 Å². The maximum atomic E-state index is 9.59. The molecule has 8 heteroatoms. The van der Waals surface area contributed by atoms with Crippen LogP contribution in [0.3, 0.4) is 0 Å². The zero-order valence-corrected chi connectivity index (χ0v) is 24.8. The van der Waals surface area contributed by atoms with Gasteiger partial charge in [0.2, 0.25) is 0 Å². The van der Waals surface area contributed by atoms with Gasteiger partial charge in [0.1, 0.15) is 21.8 Å². The molecule has 0 aliphatic heterocycles. The molecule has 0 radical (unpaired) electrons. The molecular weight excluding hydrogens is 496 g/mol. The van der Waals surface area contributed by atoms with Crippen LogP contribution in [0.25, 0.3) is 21.1 Å². The first-order valence-electron chi connectivity index (χ1n) is 13.0. The highest BCUT2D eigenvalue weighted by atomic mass is 32.1. The molecule has 4 rings (SSSR count). The van der Waals surface area contributed by atoms with Crippen molar-refractivity contribution in [3.63, 3.8) is 0 Å². The highest BCUT2D eigenvalue weighted by Crippen LogP contribution is 2.40. The fourth-order valence-corrected chi connectivity index (χ4v) is 6.32. The Kier molecular flexibility index (Phi) is 8.19. The lowest BCUT2D eigenvalue weighted by atomic mass is 10.0. The number of hydrogen-bond donors (Lipinski definition) is 1. The Labute approximate surface area is 226 Å². The van der Waals surface area contributed by atoms with Crippen LogP contribution in [0, 0.1) is 11.3 Å². The van der Waals surface area contributed by atoms with E-state index >= 15 is 0 Å². The summed E-state index contributed by atoms with van der Waals surface area (Å²) >= 11 is 1.56. The molecule has 1 aromatic heterocycles. The molecule has 1 atom stereocenters. The van der Waals surface area contributed by atoms with Crippen molar-refractivity contribution in [2.45, 2.75) is 77.7 Å². The molecule has 1 aliphatic rings. The standard InChI is InChI=1S/C29H38N4O2SSi/c1-19(2)35-26-14-11-20(17-21(26)18-30)27-32-33-28(36-27)24-10-8-9-23-22(24)12-13-25(23)31-15-16-34-37(6,7)29(3,4)5/h8-11,14,17,19,25,31H,12-13,15-16H2,1-7H3. The second-order valence-electron chi connectivity index (χ2n) is 11.4. The van der Waals surface area contributed by atoms with E-state index < -0.39 is 8.32 Å². The van der Waals surface area contributed by atoms with Crippen molar-refractivity contribution in [3.05, 3.63) is 53.1 Å². The van der Waals surface area contributed by atoms with Gasteiger partial charge in [-0.3, -0.25) is 0 Å². The molecule has 1 heterocycles. The SMILES string of the molecule is CC(C)Oc1ccc(-c2nnc(-c3cccc4c3CCC4NCCO[Si](C)(C)C(C)(C)C)s2)cc1C#N. The summed E-state index contributed by atoms with van der Waals surface area (Å²) in [5.74, 6) is 0.597. The van der Waals surface area contributed by atoms with E-state index in [4.69, 9.17) is 9.16 Å². The lowest BCUT2D eigenvalue weighted by Gasteiger charge is -2.36. The molecule has 37 heavy (non-hydrogen) atoms. The first-order chi connectivity index (χ1) is 17.5. The molecule has 0 bridgehead atoms. The van der Waals surface area contributed by atoms with Crippen molar-refractivity contribution in [2.75, 3.05) is 13.2 Å². The average molecular weight is 535 g/mol. The second-order valence-corrected chi connectivity index (χ2v) is 17.2. The third-order valence-electron chi connectivity index (χ3n) is 7.40. The lowest BCUT2D eigenvalue weighted by molar-refractivity contribution is 0.242. The molecule has 0 fully saturated rings. The molecule has 6 nitrogen and oxygen atoms in total. The number of rotatable bonds is 9. The number of nitrogens with zero attached hydrogens (tertiary/aromatic N) is 3. The third kappa shape index (κ3) is 6.12. The molecule has 0 amide bonds. The molecule has 2 aromatic carbocycles. The molecule has 0 spiro atoms. The van der Waals surface area contributed by atoms with Gasteiger partial charge in [0.05, 0.1) is 11.7 Å². The van der Waals surface area contributed by atoms with E-state index in [9.17, 15) is 5.26 Å². The normalized spacial score (nSPS) is 15.6. The number of ether oxygens (including phenoxy) is 1. The van der Waals surface area contributed by atoms with Crippen molar-refractivity contribution < 1.29 is 9.16 Å². The van der Waals surface area contributed by atoms with Crippen LogP contribution >= 0.6 is 11.3 Å². The minimum Gasteiger partial charge on any atom is -0.490 e. The fraction of sp³-hybridized carbons (Fsp3) is 0.483. The Morgan fingerprint density at radius 1 is 1.16 bits per heavy atom. The maximum absolute atomic E-state index is 9.59. The first-order valence-corrected chi connectivity index (χ1v) is 16.8. The van der Waals surface area contributed by atoms with Crippen molar-refractivity contribution >= 4 is 19.7 Å². The zero-order chi connectivity index (χ0) is 26.8. The van der Waals surface area contributed by atoms with E-state index in [1.165, 1.54) is 11.1 Å². The van der Waals surface area contributed by atoms with Crippen LogP contribution in [0.15, 0.2) is 36.4 Å². The van der Waals surface area contributed by atoms with E-state index in [0.717, 1.165) is 47.1 Å². The van der Waals surface area contributed by atoms with E-state index in [-0.39, 0.29) is 11.1 Å². The number of fused-ring (bicyclic) bond motifs is 1. The summed E-state index contributed by atoms with van der Waals surface area (Å²) in [5, 5.41) is 24.3. The van der Waals surface area contributed by atoms with E-state index in [1.54, 1.807) is 11.3 Å².